The molecule has 84 valence electrons. The lowest BCUT2D eigenvalue weighted by molar-refractivity contribution is -0.138. The van der Waals surface area contributed by atoms with Crippen LogP contribution in [-0.4, -0.2) is 18.8 Å². The van der Waals surface area contributed by atoms with E-state index in [1.807, 2.05) is 6.92 Å². The lowest BCUT2D eigenvalue weighted by Gasteiger charge is -2.17. The van der Waals surface area contributed by atoms with Gasteiger partial charge in [-0.15, -0.1) is 0 Å². The number of allylic oxidation sites excluding steroid dienone is 1. The average Bonchev–Trinajstić information content (AvgIpc) is 2.01. The van der Waals surface area contributed by atoms with Crippen LogP contribution in [0.25, 0.3) is 0 Å². The highest BCUT2D eigenvalue weighted by atomic mass is 19.4. The highest BCUT2D eigenvalue weighted by Crippen LogP contribution is 2.23. The summed E-state index contributed by atoms with van der Waals surface area (Å²) in [5.74, 6) is 0.229. The van der Waals surface area contributed by atoms with Gasteiger partial charge in [-0.3, -0.25) is 0 Å². The minimum atomic E-state index is -4.25. The monoisotopic (exact) mass is 211 g/mol. The molecule has 0 bridgehead atoms. The van der Waals surface area contributed by atoms with E-state index < -0.39 is 18.6 Å². The van der Waals surface area contributed by atoms with E-state index in [1.165, 1.54) is 0 Å². The van der Waals surface area contributed by atoms with E-state index in [2.05, 4.69) is 0 Å². The van der Waals surface area contributed by atoms with Crippen LogP contribution in [0, 0.1) is 0 Å². The maximum Gasteiger partial charge on any atom is 0.391 e. The summed E-state index contributed by atoms with van der Waals surface area (Å²) in [6.45, 7) is 3.86. The van der Waals surface area contributed by atoms with Crippen molar-refractivity contribution in [2.75, 3.05) is 6.61 Å². The summed E-state index contributed by atoms with van der Waals surface area (Å²) in [5.41, 5.74) is 5.36. The molecule has 0 aliphatic rings. The molecule has 0 amide bonds. The Morgan fingerprint density at radius 3 is 2.36 bits per heavy atom. The van der Waals surface area contributed by atoms with Crippen LogP contribution in [0.1, 0.15) is 26.7 Å². The Hall–Kier alpha value is -0.710. The highest BCUT2D eigenvalue weighted by molar-refractivity contribution is 5.02. The molecule has 0 saturated carbocycles. The molecule has 0 saturated heterocycles. The molecule has 14 heavy (non-hydrogen) atoms. The minimum absolute atomic E-state index is 0.229. The largest absolute Gasteiger partial charge is 0.497 e. The molecule has 0 aromatic rings. The maximum absolute atomic E-state index is 12.0. The summed E-state index contributed by atoms with van der Waals surface area (Å²) in [6, 6.07) is -1.09. The van der Waals surface area contributed by atoms with Gasteiger partial charge in [-0.2, -0.15) is 13.2 Å². The lowest BCUT2D eigenvalue weighted by Crippen LogP contribution is -2.30. The molecule has 0 fully saturated rings. The Labute approximate surface area is 81.9 Å². The summed E-state index contributed by atoms with van der Waals surface area (Å²) < 4.78 is 41.0. The molecule has 0 aromatic heterocycles. The van der Waals surface area contributed by atoms with Crippen molar-refractivity contribution in [3.8, 4) is 0 Å². The molecule has 0 rings (SSSR count). The third-order valence-electron chi connectivity index (χ3n) is 1.53. The number of halogens is 3. The average molecular weight is 211 g/mol. The van der Waals surface area contributed by atoms with Crippen molar-refractivity contribution in [2.24, 2.45) is 5.73 Å². The quantitative estimate of drug-likeness (QED) is 0.709. The van der Waals surface area contributed by atoms with Crippen LogP contribution < -0.4 is 5.73 Å². The Kier molecular flexibility index (Phi) is 5.60. The Balaban J connectivity index is 4.29. The van der Waals surface area contributed by atoms with Crippen LogP contribution >= 0.6 is 0 Å². The van der Waals surface area contributed by atoms with Gasteiger partial charge < -0.3 is 10.5 Å². The van der Waals surface area contributed by atoms with E-state index in [0.29, 0.717) is 13.0 Å². The van der Waals surface area contributed by atoms with E-state index >= 15 is 0 Å². The van der Waals surface area contributed by atoms with Crippen LogP contribution in [-0.2, 0) is 4.74 Å². The van der Waals surface area contributed by atoms with Crippen molar-refractivity contribution in [1.29, 1.82) is 0 Å². The number of rotatable bonds is 5. The number of nitrogens with two attached hydrogens (primary N) is 1. The standard InChI is InChI=1S/C9H16F3NO/c1-3-5-8(14-4-2)7(13)6-9(10,11)12/h5,7H,3-4,6,13H2,1-2H3/b8-5-. The Morgan fingerprint density at radius 1 is 1.43 bits per heavy atom. The van der Waals surface area contributed by atoms with Crippen molar-refractivity contribution < 1.29 is 17.9 Å². The summed E-state index contributed by atoms with van der Waals surface area (Å²) in [7, 11) is 0. The summed E-state index contributed by atoms with van der Waals surface area (Å²) >= 11 is 0. The third-order valence-corrected chi connectivity index (χ3v) is 1.53. The normalized spacial score (nSPS) is 15.4. The first kappa shape index (κ1) is 13.3. The van der Waals surface area contributed by atoms with Gasteiger partial charge in [0.05, 0.1) is 19.1 Å². The fourth-order valence-electron chi connectivity index (χ4n) is 1.04. The van der Waals surface area contributed by atoms with Gasteiger partial charge in [-0.05, 0) is 19.4 Å². The van der Waals surface area contributed by atoms with Gasteiger partial charge in [-0.1, -0.05) is 6.92 Å². The Bertz CT molecular complexity index is 189. The zero-order chi connectivity index (χ0) is 11.2. The SMILES string of the molecule is CC/C=C(\OCC)C(N)CC(F)(F)F. The molecule has 0 aromatic carbocycles. The van der Waals surface area contributed by atoms with E-state index in [1.54, 1.807) is 13.0 Å². The number of alkyl halides is 3. The van der Waals surface area contributed by atoms with Crippen molar-refractivity contribution in [1.82, 2.24) is 0 Å². The van der Waals surface area contributed by atoms with E-state index in [0.717, 1.165) is 0 Å². The summed E-state index contributed by atoms with van der Waals surface area (Å²) in [5, 5.41) is 0. The van der Waals surface area contributed by atoms with Crippen LogP contribution in [0.3, 0.4) is 0 Å². The predicted molar refractivity (Wildman–Crippen MR) is 48.6 cm³/mol. The predicted octanol–water partition coefficient (Wildman–Crippen LogP) is 2.60. The second-order valence-electron chi connectivity index (χ2n) is 2.87. The fourth-order valence-corrected chi connectivity index (χ4v) is 1.04. The minimum Gasteiger partial charge on any atom is -0.497 e. The number of hydrogen-bond donors (Lipinski definition) is 1. The summed E-state index contributed by atoms with van der Waals surface area (Å²) in [6.07, 6.45) is -3.09. The first-order valence-corrected chi connectivity index (χ1v) is 4.55. The van der Waals surface area contributed by atoms with Crippen LogP contribution in [0.15, 0.2) is 11.8 Å². The maximum atomic E-state index is 12.0. The molecule has 2 nitrogen and oxygen atoms in total. The van der Waals surface area contributed by atoms with E-state index in [4.69, 9.17) is 10.5 Å². The van der Waals surface area contributed by atoms with Gasteiger partial charge >= 0.3 is 6.18 Å². The molecule has 0 radical (unpaired) electrons. The van der Waals surface area contributed by atoms with Crippen LogP contribution in [0.5, 0.6) is 0 Å². The van der Waals surface area contributed by atoms with E-state index in [-0.39, 0.29) is 5.76 Å². The van der Waals surface area contributed by atoms with Crippen molar-refractivity contribution in [2.45, 2.75) is 38.9 Å². The van der Waals surface area contributed by atoms with E-state index in [9.17, 15) is 13.2 Å². The van der Waals surface area contributed by atoms with Gasteiger partial charge in [0, 0.05) is 0 Å². The number of hydrogen-bond acceptors (Lipinski definition) is 2. The molecular formula is C9H16F3NO. The highest BCUT2D eigenvalue weighted by Gasteiger charge is 2.32. The van der Waals surface area contributed by atoms with Gasteiger partial charge in [0.2, 0.25) is 0 Å². The molecule has 1 atom stereocenters. The fraction of sp³-hybridized carbons (Fsp3) is 0.778. The smallest absolute Gasteiger partial charge is 0.391 e. The molecular weight excluding hydrogens is 195 g/mol. The first-order valence-electron chi connectivity index (χ1n) is 4.55. The third kappa shape index (κ3) is 5.85. The van der Waals surface area contributed by atoms with Gasteiger partial charge in [0.25, 0.3) is 0 Å². The zero-order valence-electron chi connectivity index (χ0n) is 8.40. The van der Waals surface area contributed by atoms with Crippen molar-refractivity contribution >= 4 is 0 Å². The first-order chi connectivity index (χ1) is 6.40. The topological polar surface area (TPSA) is 35.2 Å². The lowest BCUT2D eigenvalue weighted by atomic mass is 10.1. The second kappa shape index (κ2) is 5.90. The number of ether oxygens (including phenoxy) is 1. The molecule has 0 aliphatic carbocycles. The molecule has 2 N–H and O–H groups in total. The zero-order valence-corrected chi connectivity index (χ0v) is 8.40. The van der Waals surface area contributed by atoms with Gasteiger partial charge in [0.1, 0.15) is 5.76 Å². The van der Waals surface area contributed by atoms with Crippen molar-refractivity contribution in [3.05, 3.63) is 11.8 Å². The molecule has 0 heterocycles. The summed E-state index contributed by atoms with van der Waals surface area (Å²) in [4.78, 5) is 0. The van der Waals surface area contributed by atoms with Gasteiger partial charge in [-0.25, -0.2) is 0 Å². The van der Waals surface area contributed by atoms with Crippen molar-refractivity contribution in [3.63, 3.8) is 0 Å². The molecule has 5 heteroatoms. The Morgan fingerprint density at radius 2 is 2.00 bits per heavy atom. The van der Waals surface area contributed by atoms with Crippen LogP contribution in [0.4, 0.5) is 13.2 Å². The van der Waals surface area contributed by atoms with Crippen LogP contribution in [0.2, 0.25) is 0 Å². The molecule has 1 unspecified atom stereocenters. The molecule has 0 aliphatic heterocycles. The van der Waals surface area contributed by atoms with Gasteiger partial charge in [0.15, 0.2) is 0 Å². The molecule has 0 spiro atoms. The second-order valence-corrected chi connectivity index (χ2v) is 2.87.